The zero-order valence-corrected chi connectivity index (χ0v) is 30.1. The van der Waals surface area contributed by atoms with E-state index >= 15 is 0 Å². The topological polar surface area (TPSA) is 30.7 Å². The van der Waals surface area contributed by atoms with E-state index in [4.69, 9.17) is 9.97 Å². The first-order valence-electron chi connectivity index (χ1n) is 19.0. The normalized spacial score (nSPS) is 14.1. The predicted molar refractivity (Wildman–Crippen MR) is 231 cm³/mol. The Hall–Kier alpha value is -7.10. The standard InChI is InChI=1S/C52H35N3/c1-4-14-34(15-5-1)48-33-49(35-16-6-2-7-17-35)54-52(53-48)38-25-28-43-42-27-24-36(30-45(42)40-20-10-11-21-41(40)46(43)32-38)37-26-29-51-47(31-37)44-22-12-13-23-50(44)55(51)39-18-8-3-9-19-39/h1-16,18-33,35H,17H2. The molecule has 2 heterocycles. The number of fused-ring (bicyclic) bond motifs is 9. The van der Waals surface area contributed by atoms with E-state index in [9.17, 15) is 0 Å². The number of nitrogens with zero attached hydrogens (tertiary/aromatic N) is 3. The van der Waals surface area contributed by atoms with Gasteiger partial charge in [0.2, 0.25) is 0 Å². The zero-order valence-electron chi connectivity index (χ0n) is 30.1. The maximum Gasteiger partial charge on any atom is 0.160 e. The lowest BCUT2D eigenvalue weighted by molar-refractivity contribution is 0.811. The lowest BCUT2D eigenvalue weighted by Gasteiger charge is -2.16. The number of hydrogen-bond acceptors (Lipinski definition) is 2. The lowest BCUT2D eigenvalue weighted by atomic mass is 9.91. The molecule has 0 aliphatic heterocycles. The molecule has 1 aliphatic rings. The molecular formula is C52H35N3. The lowest BCUT2D eigenvalue weighted by Crippen LogP contribution is -2.04. The summed E-state index contributed by atoms with van der Waals surface area (Å²) in [6.07, 6.45) is 9.64. The maximum absolute atomic E-state index is 5.21. The first-order valence-corrected chi connectivity index (χ1v) is 19.0. The van der Waals surface area contributed by atoms with Crippen LogP contribution in [0, 0.1) is 0 Å². The van der Waals surface area contributed by atoms with Crippen molar-refractivity contribution in [3.05, 3.63) is 200 Å². The van der Waals surface area contributed by atoms with Crippen molar-refractivity contribution >= 4 is 54.1 Å². The molecule has 8 aromatic carbocycles. The van der Waals surface area contributed by atoms with Crippen molar-refractivity contribution < 1.29 is 0 Å². The summed E-state index contributed by atoms with van der Waals surface area (Å²) in [5, 5.41) is 9.91. The van der Waals surface area contributed by atoms with Crippen LogP contribution in [0.4, 0.5) is 0 Å². The predicted octanol–water partition coefficient (Wildman–Crippen LogP) is 13.6. The van der Waals surface area contributed by atoms with Gasteiger partial charge in [-0.05, 0) is 98.4 Å². The van der Waals surface area contributed by atoms with E-state index in [1.165, 1.54) is 70.9 Å². The fourth-order valence-corrected chi connectivity index (χ4v) is 8.62. The van der Waals surface area contributed by atoms with Crippen LogP contribution in [0.1, 0.15) is 18.0 Å². The van der Waals surface area contributed by atoms with Crippen LogP contribution >= 0.6 is 0 Å². The van der Waals surface area contributed by atoms with Crippen molar-refractivity contribution in [2.24, 2.45) is 0 Å². The molecule has 3 heteroatoms. The minimum atomic E-state index is 0.219. The summed E-state index contributed by atoms with van der Waals surface area (Å²) in [4.78, 5) is 10.4. The minimum Gasteiger partial charge on any atom is -0.309 e. The molecule has 0 saturated heterocycles. The largest absolute Gasteiger partial charge is 0.309 e. The molecule has 11 rings (SSSR count). The number of hydrogen-bond donors (Lipinski definition) is 0. The molecule has 2 aromatic heterocycles. The number of para-hydroxylation sites is 2. The second-order valence-corrected chi connectivity index (χ2v) is 14.5. The quantitative estimate of drug-likeness (QED) is 0.167. The van der Waals surface area contributed by atoms with E-state index in [-0.39, 0.29) is 5.92 Å². The van der Waals surface area contributed by atoms with Crippen molar-refractivity contribution in [3.8, 4) is 39.5 Å². The van der Waals surface area contributed by atoms with Crippen LogP contribution in [0.5, 0.6) is 0 Å². The first kappa shape index (κ1) is 31.4. The summed E-state index contributed by atoms with van der Waals surface area (Å²) < 4.78 is 2.37. The molecule has 0 radical (unpaired) electrons. The van der Waals surface area contributed by atoms with Gasteiger partial charge >= 0.3 is 0 Å². The number of rotatable bonds is 5. The Bertz CT molecular complexity index is 3150. The summed E-state index contributed by atoms with van der Waals surface area (Å²) in [7, 11) is 0. The molecule has 1 aliphatic carbocycles. The molecule has 55 heavy (non-hydrogen) atoms. The fraction of sp³-hybridized carbons (Fsp3) is 0.0385. The molecule has 0 fully saturated rings. The molecule has 3 nitrogen and oxygen atoms in total. The van der Waals surface area contributed by atoms with E-state index in [0.717, 1.165) is 34.8 Å². The van der Waals surface area contributed by atoms with Crippen LogP contribution in [-0.4, -0.2) is 14.5 Å². The van der Waals surface area contributed by atoms with Gasteiger partial charge < -0.3 is 4.57 Å². The summed E-state index contributed by atoms with van der Waals surface area (Å²) in [5.41, 5.74) is 10.1. The van der Waals surface area contributed by atoms with Crippen LogP contribution in [-0.2, 0) is 0 Å². The highest BCUT2D eigenvalue weighted by atomic mass is 15.0. The SMILES string of the molecule is C1=CCC(c2cc(-c3ccccc3)nc(-c3ccc4c5ccc(-c6ccc7c(c6)c6ccccc6n7-c6ccccc6)cc5c5ccccc5c4c3)n2)C=C1. The first-order chi connectivity index (χ1) is 27.3. The van der Waals surface area contributed by atoms with Gasteiger partial charge in [-0.2, -0.15) is 0 Å². The van der Waals surface area contributed by atoms with Gasteiger partial charge in [0.05, 0.1) is 22.4 Å². The highest BCUT2D eigenvalue weighted by Crippen LogP contribution is 2.41. The summed E-state index contributed by atoms with van der Waals surface area (Å²) in [5.74, 6) is 0.974. The molecule has 1 unspecified atom stereocenters. The van der Waals surface area contributed by atoms with Gasteiger partial charge in [-0.15, -0.1) is 0 Å². The monoisotopic (exact) mass is 701 g/mol. The highest BCUT2D eigenvalue weighted by molar-refractivity contribution is 6.26. The van der Waals surface area contributed by atoms with Gasteiger partial charge in [0, 0.05) is 33.5 Å². The molecule has 10 aromatic rings. The molecule has 0 bridgehead atoms. The molecule has 1 atom stereocenters. The van der Waals surface area contributed by atoms with Crippen LogP contribution in [0.15, 0.2) is 194 Å². The van der Waals surface area contributed by atoms with E-state index in [1.807, 2.05) is 6.07 Å². The van der Waals surface area contributed by atoms with Crippen LogP contribution in [0.25, 0.3) is 93.6 Å². The van der Waals surface area contributed by atoms with E-state index < -0.39 is 0 Å². The Balaban J connectivity index is 1.07. The van der Waals surface area contributed by atoms with Crippen molar-refractivity contribution in [1.29, 1.82) is 0 Å². The van der Waals surface area contributed by atoms with Gasteiger partial charge in [0.15, 0.2) is 5.82 Å². The molecular weight excluding hydrogens is 667 g/mol. The Morgan fingerprint density at radius 3 is 1.73 bits per heavy atom. The highest BCUT2D eigenvalue weighted by Gasteiger charge is 2.18. The summed E-state index contributed by atoms with van der Waals surface area (Å²) in [6.45, 7) is 0. The average Bonchev–Trinajstić information content (AvgIpc) is 3.60. The third-order valence-electron chi connectivity index (χ3n) is 11.3. The van der Waals surface area contributed by atoms with E-state index in [2.05, 4.69) is 193 Å². The Kier molecular flexibility index (Phi) is 7.31. The third-order valence-corrected chi connectivity index (χ3v) is 11.3. The Labute approximate surface area is 319 Å². The van der Waals surface area contributed by atoms with Crippen molar-refractivity contribution in [1.82, 2.24) is 14.5 Å². The van der Waals surface area contributed by atoms with Crippen LogP contribution < -0.4 is 0 Å². The second kappa shape index (κ2) is 12.8. The molecule has 258 valence electrons. The molecule has 0 N–H and O–H groups in total. The van der Waals surface area contributed by atoms with E-state index in [0.29, 0.717) is 0 Å². The van der Waals surface area contributed by atoms with Gasteiger partial charge in [0.25, 0.3) is 0 Å². The Morgan fingerprint density at radius 1 is 0.418 bits per heavy atom. The minimum absolute atomic E-state index is 0.219. The zero-order chi connectivity index (χ0) is 36.3. The van der Waals surface area contributed by atoms with Crippen molar-refractivity contribution in [2.75, 3.05) is 0 Å². The fourth-order valence-electron chi connectivity index (χ4n) is 8.62. The smallest absolute Gasteiger partial charge is 0.160 e. The summed E-state index contributed by atoms with van der Waals surface area (Å²) >= 11 is 0. The number of aromatic nitrogens is 3. The Morgan fingerprint density at radius 2 is 1.00 bits per heavy atom. The average molecular weight is 702 g/mol. The van der Waals surface area contributed by atoms with Gasteiger partial charge in [-0.1, -0.05) is 146 Å². The van der Waals surface area contributed by atoms with Crippen LogP contribution in [0.3, 0.4) is 0 Å². The van der Waals surface area contributed by atoms with E-state index in [1.54, 1.807) is 0 Å². The van der Waals surface area contributed by atoms with Crippen molar-refractivity contribution in [3.63, 3.8) is 0 Å². The van der Waals surface area contributed by atoms with Crippen molar-refractivity contribution in [2.45, 2.75) is 12.3 Å². The number of benzene rings is 8. The molecule has 0 amide bonds. The van der Waals surface area contributed by atoms with Gasteiger partial charge in [-0.3, -0.25) is 0 Å². The number of allylic oxidation sites excluding steroid dienone is 4. The third kappa shape index (κ3) is 5.27. The summed E-state index contributed by atoms with van der Waals surface area (Å²) in [6, 6.07) is 61.5. The van der Waals surface area contributed by atoms with Crippen LogP contribution in [0.2, 0.25) is 0 Å². The molecule has 0 saturated carbocycles. The van der Waals surface area contributed by atoms with Gasteiger partial charge in [-0.25, -0.2) is 9.97 Å². The second-order valence-electron chi connectivity index (χ2n) is 14.5. The van der Waals surface area contributed by atoms with Gasteiger partial charge in [0.1, 0.15) is 0 Å². The molecule has 0 spiro atoms. The maximum atomic E-state index is 5.21.